The predicted octanol–water partition coefficient (Wildman–Crippen LogP) is 0.736. The van der Waals surface area contributed by atoms with Crippen LogP contribution in [0.3, 0.4) is 0 Å². The lowest BCUT2D eigenvalue weighted by atomic mass is 10.2. The Bertz CT molecular complexity index is 338. The summed E-state index contributed by atoms with van der Waals surface area (Å²) in [5, 5.41) is 0. The van der Waals surface area contributed by atoms with Crippen LogP contribution in [0.4, 0.5) is 5.82 Å². The number of anilines is 1. The SMILES string of the molecule is COCCc1nc(N)c2c(n1)CCC2. The van der Waals surface area contributed by atoms with Gasteiger partial charge in [0.15, 0.2) is 0 Å². The molecular weight excluding hydrogens is 178 g/mol. The van der Waals surface area contributed by atoms with Crippen LogP contribution in [0.15, 0.2) is 0 Å². The molecule has 0 saturated heterocycles. The molecule has 0 radical (unpaired) electrons. The van der Waals surface area contributed by atoms with E-state index in [0.717, 1.165) is 42.8 Å². The van der Waals surface area contributed by atoms with Crippen molar-refractivity contribution in [1.29, 1.82) is 0 Å². The maximum Gasteiger partial charge on any atom is 0.133 e. The minimum atomic E-state index is 0.651. The highest BCUT2D eigenvalue weighted by Gasteiger charge is 2.17. The Labute approximate surface area is 83.5 Å². The highest BCUT2D eigenvalue weighted by atomic mass is 16.5. The lowest BCUT2D eigenvalue weighted by Gasteiger charge is -2.05. The fraction of sp³-hybridized carbons (Fsp3) is 0.600. The second kappa shape index (κ2) is 3.92. The van der Waals surface area contributed by atoms with Gasteiger partial charge < -0.3 is 10.5 Å². The molecule has 0 aromatic carbocycles. The fourth-order valence-corrected chi connectivity index (χ4v) is 1.82. The molecule has 1 aliphatic rings. The molecule has 0 saturated carbocycles. The van der Waals surface area contributed by atoms with E-state index in [2.05, 4.69) is 9.97 Å². The first-order valence-corrected chi connectivity index (χ1v) is 4.94. The zero-order valence-corrected chi connectivity index (χ0v) is 8.42. The molecule has 4 nitrogen and oxygen atoms in total. The number of hydrogen-bond acceptors (Lipinski definition) is 4. The molecule has 76 valence electrons. The standard InChI is InChI=1S/C10H15N3O/c1-14-6-5-9-12-8-4-2-3-7(8)10(11)13-9/h2-6H2,1H3,(H2,11,12,13). The summed E-state index contributed by atoms with van der Waals surface area (Å²) in [6, 6.07) is 0. The highest BCUT2D eigenvalue weighted by molar-refractivity contribution is 5.44. The molecule has 2 rings (SSSR count). The summed E-state index contributed by atoms with van der Waals surface area (Å²) in [6.07, 6.45) is 3.98. The topological polar surface area (TPSA) is 61.0 Å². The fourth-order valence-electron chi connectivity index (χ4n) is 1.82. The Balaban J connectivity index is 2.23. The van der Waals surface area contributed by atoms with Crippen molar-refractivity contribution >= 4 is 5.82 Å². The van der Waals surface area contributed by atoms with Gasteiger partial charge >= 0.3 is 0 Å². The summed E-state index contributed by atoms with van der Waals surface area (Å²) in [5.41, 5.74) is 8.15. The Hall–Kier alpha value is -1.16. The number of hydrogen-bond donors (Lipinski definition) is 1. The van der Waals surface area contributed by atoms with Crippen LogP contribution in [0.5, 0.6) is 0 Å². The minimum absolute atomic E-state index is 0.651. The number of methoxy groups -OCH3 is 1. The number of aromatic nitrogens is 2. The van der Waals surface area contributed by atoms with Gasteiger partial charge in [-0.05, 0) is 19.3 Å². The van der Waals surface area contributed by atoms with E-state index in [4.69, 9.17) is 10.5 Å². The monoisotopic (exact) mass is 193 g/mol. The van der Waals surface area contributed by atoms with Gasteiger partial charge in [-0.3, -0.25) is 0 Å². The molecule has 14 heavy (non-hydrogen) atoms. The van der Waals surface area contributed by atoms with E-state index < -0.39 is 0 Å². The van der Waals surface area contributed by atoms with E-state index in [1.54, 1.807) is 7.11 Å². The normalized spacial score (nSPS) is 14.4. The van der Waals surface area contributed by atoms with Crippen molar-refractivity contribution in [2.45, 2.75) is 25.7 Å². The van der Waals surface area contributed by atoms with Gasteiger partial charge in [0.05, 0.1) is 6.61 Å². The van der Waals surface area contributed by atoms with E-state index in [1.807, 2.05) is 0 Å². The van der Waals surface area contributed by atoms with Crippen LogP contribution >= 0.6 is 0 Å². The van der Waals surface area contributed by atoms with Crippen molar-refractivity contribution in [3.8, 4) is 0 Å². The molecule has 0 spiro atoms. The van der Waals surface area contributed by atoms with E-state index in [-0.39, 0.29) is 0 Å². The minimum Gasteiger partial charge on any atom is -0.384 e. The molecule has 0 atom stereocenters. The number of ether oxygens (including phenoxy) is 1. The Morgan fingerprint density at radius 1 is 1.36 bits per heavy atom. The van der Waals surface area contributed by atoms with Gasteiger partial charge in [0.25, 0.3) is 0 Å². The number of nitrogens with two attached hydrogens (primary N) is 1. The van der Waals surface area contributed by atoms with Crippen LogP contribution in [0, 0.1) is 0 Å². The molecule has 2 N–H and O–H groups in total. The van der Waals surface area contributed by atoms with Gasteiger partial charge in [-0.2, -0.15) is 0 Å². The first-order valence-electron chi connectivity index (χ1n) is 4.94. The molecule has 0 fully saturated rings. The quantitative estimate of drug-likeness (QED) is 0.769. The molecule has 1 aromatic heterocycles. The first kappa shape index (κ1) is 9.40. The largest absolute Gasteiger partial charge is 0.384 e. The van der Waals surface area contributed by atoms with Crippen molar-refractivity contribution in [2.75, 3.05) is 19.5 Å². The third-order valence-corrected chi connectivity index (χ3v) is 2.54. The zero-order valence-electron chi connectivity index (χ0n) is 8.42. The number of fused-ring (bicyclic) bond motifs is 1. The van der Waals surface area contributed by atoms with Gasteiger partial charge in [-0.25, -0.2) is 9.97 Å². The molecule has 1 aromatic rings. The molecule has 0 aliphatic heterocycles. The van der Waals surface area contributed by atoms with Gasteiger partial charge in [-0.1, -0.05) is 0 Å². The zero-order chi connectivity index (χ0) is 9.97. The van der Waals surface area contributed by atoms with E-state index >= 15 is 0 Å². The molecule has 0 bridgehead atoms. The number of aryl methyl sites for hydroxylation is 1. The molecule has 4 heteroatoms. The Kier molecular flexibility index (Phi) is 2.63. The van der Waals surface area contributed by atoms with Crippen molar-refractivity contribution in [3.63, 3.8) is 0 Å². The molecular formula is C10H15N3O. The average molecular weight is 193 g/mol. The Morgan fingerprint density at radius 2 is 2.21 bits per heavy atom. The van der Waals surface area contributed by atoms with Crippen molar-refractivity contribution in [3.05, 3.63) is 17.1 Å². The molecule has 0 unspecified atom stereocenters. The number of nitrogen functional groups attached to an aromatic ring is 1. The van der Waals surface area contributed by atoms with Gasteiger partial charge in [0.2, 0.25) is 0 Å². The summed E-state index contributed by atoms with van der Waals surface area (Å²) in [6.45, 7) is 0.651. The predicted molar refractivity (Wildman–Crippen MR) is 54.0 cm³/mol. The van der Waals surface area contributed by atoms with E-state index in [9.17, 15) is 0 Å². The molecule has 0 amide bonds. The Morgan fingerprint density at radius 3 is 3.00 bits per heavy atom. The summed E-state index contributed by atoms with van der Waals surface area (Å²) in [4.78, 5) is 8.75. The van der Waals surface area contributed by atoms with Crippen LogP contribution in [0.1, 0.15) is 23.5 Å². The third-order valence-electron chi connectivity index (χ3n) is 2.54. The molecule has 1 aliphatic carbocycles. The number of rotatable bonds is 3. The average Bonchev–Trinajstić information content (AvgIpc) is 2.63. The van der Waals surface area contributed by atoms with Crippen LogP contribution in [-0.2, 0) is 24.0 Å². The van der Waals surface area contributed by atoms with Crippen LogP contribution in [0.25, 0.3) is 0 Å². The van der Waals surface area contributed by atoms with Crippen LogP contribution < -0.4 is 5.73 Å². The smallest absolute Gasteiger partial charge is 0.133 e. The van der Waals surface area contributed by atoms with Crippen molar-refractivity contribution in [1.82, 2.24) is 9.97 Å². The van der Waals surface area contributed by atoms with Gasteiger partial charge in [0.1, 0.15) is 11.6 Å². The summed E-state index contributed by atoms with van der Waals surface area (Å²) in [5.74, 6) is 1.48. The van der Waals surface area contributed by atoms with Crippen LogP contribution in [-0.4, -0.2) is 23.7 Å². The highest BCUT2D eigenvalue weighted by Crippen LogP contribution is 2.24. The third kappa shape index (κ3) is 1.70. The first-order chi connectivity index (χ1) is 6.81. The van der Waals surface area contributed by atoms with Gasteiger partial charge in [-0.15, -0.1) is 0 Å². The van der Waals surface area contributed by atoms with Gasteiger partial charge in [0, 0.05) is 24.8 Å². The van der Waals surface area contributed by atoms with E-state index in [0.29, 0.717) is 12.4 Å². The second-order valence-electron chi connectivity index (χ2n) is 3.55. The summed E-state index contributed by atoms with van der Waals surface area (Å²) >= 11 is 0. The lowest BCUT2D eigenvalue weighted by Crippen LogP contribution is -2.07. The van der Waals surface area contributed by atoms with Crippen molar-refractivity contribution < 1.29 is 4.74 Å². The summed E-state index contributed by atoms with van der Waals surface area (Å²) < 4.78 is 4.98. The number of nitrogens with zero attached hydrogens (tertiary/aromatic N) is 2. The maximum absolute atomic E-state index is 5.85. The van der Waals surface area contributed by atoms with Crippen molar-refractivity contribution in [2.24, 2.45) is 0 Å². The summed E-state index contributed by atoms with van der Waals surface area (Å²) in [7, 11) is 1.68. The lowest BCUT2D eigenvalue weighted by molar-refractivity contribution is 0.200. The van der Waals surface area contributed by atoms with E-state index in [1.165, 1.54) is 0 Å². The second-order valence-corrected chi connectivity index (χ2v) is 3.55. The van der Waals surface area contributed by atoms with Crippen LogP contribution in [0.2, 0.25) is 0 Å². The molecule has 1 heterocycles. The maximum atomic E-state index is 5.85.